The van der Waals surface area contributed by atoms with Crippen LogP contribution in [0.5, 0.6) is 5.75 Å². The van der Waals surface area contributed by atoms with Gasteiger partial charge in [-0.25, -0.2) is 13.1 Å². The molecule has 2 rings (SSSR count). The van der Waals surface area contributed by atoms with Gasteiger partial charge in [-0.15, -0.1) is 0 Å². The van der Waals surface area contributed by atoms with Crippen LogP contribution in [0, 0.1) is 0 Å². The number of benzene rings is 1. The summed E-state index contributed by atoms with van der Waals surface area (Å²) >= 11 is 0. The monoisotopic (exact) mass is 382 g/mol. The highest BCUT2D eigenvalue weighted by molar-refractivity contribution is 7.88. The largest absolute Gasteiger partial charge is 0.484 e. The fraction of sp³-hybridized carbons (Fsp3) is 0.556. The van der Waals surface area contributed by atoms with Gasteiger partial charge in [-0.1, -0.05) is 6.92 Å². The molecule has 1 N–H and O–H groups in total. The van der Waals surface area contributed by atoms with Crippen LogP contribution in [0.4, 0.5) is 0 Å². The van der Waals surface area contributed by atoms with E-state index in [4.69, 9.17) is 4.74 Å². The predicted octanol–water partition coefficient (Wildman–Crippen LogP) is 1.59. The van der Waals surface area contributed by atoms with E-state index in [1.807, 2.05) is 0 Å². The van der Waals surface area contributed by atoms with Crippen molar-refractivity contribution in [2.24, 2.45) is 0 Å². The smallest absolute Gasteiger partial charge is 0.260 e. The molecule has 1 aliphatic rings. The number of likely N-dealkylation sites (tertiary alicyclic amines) is 1. The quantitative estimate of drug-likeness (QED) is 0.689. The van der Waals surface area contributed by atoms with E-state index in [0.717, 1.165) is 25.5 Å². The maximum absolute atomic E-state index is 12.5. The van der Waals surface area contributed by atoms with Crippen molar-refractivity contribution < 1.29 is 22.7 Å². The standard InChI is InChI=1S/C18H26N2O5S/c1-3-17(21)14-7-9-16(10-8-14)25-13-18(22)20-11-5-4-6-15(20)12-19-26(2,23)24/h7-10,15,19H,3-6,11-13H2,1-2H3. The van der Waals surface area contributed by atoms with Crippen LogP contribution in [0.1, 0.15) is 43.0 Å². The number of ether oxygens (including phenoxy) is 1. The molecule has 1 fully saturated rings. The van der Waals surface area contributed by atoms with E-state index < -0.39 is 10.0 Å². The van der Waals surface area contributed by atoms with Crippen molar-refractivity contribution in [3.8, 4) is 5.75 Å². The van der Waals surface area contributed by atoms with E-state index >= 15 is 0 Å². The van der Waals surface area contributed by atoms with Crippen molar-refractivity contribution in [3.05, 3.63) is 29.8 Å². The molecule has 1 amide bonds. The van der Waals surface area contributed by atoms with Gasteiger partial charge >= 0.3 is 0 Å². The van der Waals surface area contributed by atoms with Crippen LogP contribution in [-0.2, 0) is 14.8 Å². The number of sulfonamides is 1. The van der Waals surface area contributed by atoms with Gasteiger partial charge in [0.05, 0.1) is 6.26 Å². The maximum Gasteiger partial charge on any atom is 0.260 e. The molecule has 1 aromatic carbocycles. The molecule has 0 radical (unpaired) electrons. The molecule has 0 aromatic heterocycles. The summed E-state index contributed by atoms with van der Waals surface area (Å²) in [5.41, 5.74) is 0.620. The molecule has 8 heteroatoms. The minimum atomic E-state index is -3.29. The molecule has 0 bridgehead atoms. The number of carbonyl (C=O) groups is 2. The Morgan fingerprint density at radius 1 is 1.23 bits per heavy atom. The third-order valence-corrected chi connectivity index (χ3v) is 5.08. The minimum absolute atomic E-state index is 0.0576. The van der Waals surface area contributed by atoms with Gasteiger partial charge in [-0.2, -0.15) is 0 Å². The van der Waals surface area contributed by atoms with Gasteiger partial charge in [0, 0.05) is 31.1 Å². The van der Waals surface area contributed by atoms with Gasteiger partial charge in [0.1, 0.15) is 5.75 Å². The van der Waals surface area contributed by atoms with Gasteiger partial charge in [0.25, 0.3) is 5.91 Å². The van der Waals surface area contributed by atoms with Gasteiger partial charge in [-0.05, 0) is 43.5 Å². The van der Waals surface area contributed by atoms with E-state index in [-0.39, 0.29) is 30.9 Å². The van der Waals surface area contributed by atoms with Crippen molar-refractivity contribution in [3.63, 3.8) is 0 Å². The number of hydrogen-bond acceptors (Lipinski definition) is 5. The summed E-state index contributed by atoms with van der Waals surface area (Å²) in [4.78, 5) is 25.8. The van der Waals surface area contributed by atoms with Crippen LogP contribution >= 0.6 is 0 Å². The van der Waals surface area contributed by atoms with Gasteiger partial charge in [-0.3, -0.25) is 9.59 Å². The Morgan fingerprint density at radius 3 is 2.54 bits per heavy atom. The lowest BCUT2D eigenvalue weighted by Crippen LogP contribution is -2.50. The van der Waals surface area contributed by atoms with Crippen LogP contribution in [0.25, 0.3) is 0 Å². The lowest BCUT2D eigenvalue weighted by atomic mass is 10.0. The molecule has 26 heavy (non-hydrogen) atoms. The number of hydrogen-bond donors (Lipinski definition) is 1. The number of piperidine rings is 1. The third-order valence-electron chi connectivity index (χ3n) is 4.39. The van der Waals surface area contributed by atoms with E-state index in [0.29, 0.717) is 24.3 Å². The summed E-state index contributed by atoms with van der Waals surface area (Å²) in [6.45, 7) is 2.51. The number of rotatable bonds is 8. The maximum atomic E-state index is 12.5. The zero-order valence-corrected chi connectivity index (χ0v) is 16.0. The first-order valence-corrected chi connectivity index (χ1v) is 10.7. The number of ketones is 1. The normalized spacial score (nSPS) is 17.8. The third kappa shape index (κ3) is 6.10. The van der Waals surface area contributed by atoms with Crippen LogP contribution in [-0.4, -0.2) is 57.0 Å². The number of carbonyl (C=O) groups excluding carboxylic acids is 2. The highest BCUT2D eigenvalue weighted by atomic mass is 32.2. The number of Topliss-reactive ketones (excluding diaryl/α,β-unsaturated/α-hetero) is 1. The van der Waals surface area contributed by atoms with Crippen molar-refractivity contribution in [2.75, 3.05) is 26.0 Å². The Morgan fingerprint density at radius 2 is 1.92 bits per heavy atom. The molecule has 1 unspecified atom stereocenters. The molecular formula is C18H26N2O5S. The van der Waals surface area contributed by atoms with Crippen LogP contribution in [0.2, 0.25) is 0 Å². The zero-order valence-electron chi connectivity index (χ0n) is 15.2. The summed E-state index contributed by atoms with van der Waals surface area (Å²) in [5.74, 6) is 0.412. The topological polar surface area (TPSA) is 92.8 Å². The van der Waals surface area contributed by atoms with E-state index in [1.54, 1.807) is 36.1 Å². The molecule has 1 saturated heterocycles. The Hall–Kier alpha value is -1.93. The summed E-state index contributed by atoms with van der Waals surface area (Å²) < 4.78 is 30.6. The fourth-order valence-corrected chi connectivity index (χ4v) is 3.45. The molecule has 1 atom stereocenters. The van der Waals surface area contributed by atoms with E-state index in [1.165, 1.54) is 0 Å². The van der Waals surface area contributed by atoms with Crippen LogP contribution in [0.15, 0.2) is 24.3 Å². The van der Waals surface area contributed by atoms with E-state index in [9.17, 15) is 18.0 Å². The molecule has 0 aliphatic carbocycles. The Kier molecular flexibility index (Phi) is 7.16. The van der Waals surface area contributed by atoms with Crippen molar-refractivity contribution in [1.82, 2.24) is 9.62 Å². The minimum Gasteiger partial charge on any atom is -0.484 e. The average Bonchev–Trinajstić information content (AvgIpc) is 2.64. The van der Waals surface area contributed by atoms with Gasteiger partial charge < -0.3 is 9.64 Å². The average molecular weight is 382 g/mol. The van der Waals surface area contributed by atoms with Gasteiger partial charge in [0.2, 0.25) is 10.0 Å². The van der Waals surface area contributed by atoms with Crippen LogP contribution < -0.4 is 9.46 Å². The van der Waals surface area contributed by atoms with Crippen LogP contribution in [0.3, 0.4) is 0 Å². The first kappa shape index (κ1) is 20.4. The summed E-state index contributed by atoms with van der Waals surface area (Å²) in [5, 5.41) is 0. The number of nitrogens with zero attached hydrogens (tertiary/aromatic N) is 1. The van der Waals surface area contributed by atoms with Crippen molar-refractivity contribution >= 4 is 21.7 Å². The fourth-order valence-electron chi connectivity index (χ4n) is 2.96. The highest BCUT2D eigenvalue weighted by Gasteiger charge is 2.27. The summed E-state index contributed by atoms with van der Waals surface area (Å²) in [6.07, 6.45) is 4.18. The molecule has 0 saturated carbocycles. The highest BCUT2D eigenvalue weighted by Crippen LogP contribution is 2.18. The number of amides is 1. The zero-order chi connectivity index (χ0) is 19.2. The molecule has 1 aliphatic heterocycles. The van der Waals surface area contributed by atoms with Crippen molar-refractivity contribution in [2.45, 2.75) is 38.6 Å². The molecular weight excluding hydrogens is 356 g/mol. The SMILES string of the molecule is CCC(=O)c1ccc(OCC(=O)N2CCCCC2CNS(C)(=O)=O)cc1. The molecule has 1 heterocycles. The second-order valence-corrected chi connectivity index (χ2v) is 8.28. The lowest BCUT2D eigenvalue weighted by molar-refractivity contribution is -0.136. The first-order valence-electron chi connectivity index (χ1n) is 8.80. The number of nitrogens with one attached hydrogen (secondary N) is 1. The molecule has 7 nitrogen and oxygen atoms in total. The molecule has 1 aromatic rings. The predicted molar refractivity (Wildman–Crippen MR) is 98.8 cm³/mol. The Labute approximate surface area is 154 Å². The van der Waals surface area contributed by atoms with Crippen molar-refractivity contribution in [1.29, 1.82) is 0 Å². The van der Waals surface area contributed by atoms with E-state index in [2.05, 4.69) is 4.72 Å². The lowest BCUT2D eigenvalue weighted by Gasteiger charge is -2.35. The second kappa shape index (κ2) is 9.14. The first-order chi connectivity index (χ1) is 12.3. The molecule has 144 valence electrons. The second-order valence-electron chi connectivity index (χ2n) is 6.45. The summed E-state index contributed by atoms with van der Waals surface area (Å²) in [6, 6.07) is 6.57. The Balaban J connectivity index is 1.91. The summed E-state index contributed by atoms with van der Waals surface area (Å²) in [7, 11) is -3.29. The van der Waals surface area contributed by atoms with Gasteiger partial charge in [0.15, 0.2) is 12.4 Å². The Bertz CT molecular complexity index is 730. The molecule has 0 spiro atoms.